The molecule has 8 heteroatoms. The van der Waals surface area contributed by atoms with Gasteiger partial charge in [0.05, 0.1) is 39.5 Å². The summed E-state index contributed by atoms with van der Waals surface area (Å²) in [4.78, 5) is 16.9. The molecule has 0 unspecified atom stereocenters. The Bertz CT molecular complexity index is 1360. The molecule has 0 aromatic heterocycles. The summed E-state index contributed by atoms with van der Waals surface area (Å²) in [6.07, 6.45) is 0. The van der Waals surface area contributed by atoms with Crippen molar-refractivity contribution < 1.29 is 14.6 Å². The maximum Gasteiger partial charge on any atom is 0.338 e. The molecule has 0 aliphatic carbocycles. The molecule has 1 N–H and O–H groups in total. The van der Waals surface area contributed by atoms with Gasteiger partial charge in [0.25, 0.3) is 0 Å². The molecule has 3 aromatic rings. The summed E-state index contributed by atoms with van der Waals surface area (Å²) >= 11 is 12.8. The van der Waals surface area contributed by atoms with Crippen LogP contribution in [0.25, 0.3) is 0 Å². The molecule has 0 radical (unpaired) electrons. The van der Waals surface area contributed by atoms with Crippen molar-refractivity contribution in [3.05, 3.63) is 99.0 Å². The lowest BCUT2D eigenvalue weighted by molar-refractivity contribution is 0.00612. The molecule has 1 fully saturated rings. The third kappa shape index (κ3) is 7.12. The highest BCUT2D eigenvalue weighted by Gasteiger charge is 2.34. The highest BCUT2D eigenvalue weighted by Crippen LogP contribution is 2.37. The van der Waals surface area contributed by atoms with Gasteiger partial charge in [0.2, 0.25) is 0 Å². The summed E-state index contributed by atoms with van der Waals surface area (Å²) < 4.78 is 5.45. The number of halogens is 2. The lowest BCUT2D eigenvalue weighted by Gasteiger charge is -2.45. The second kappa shape index (κ2) is 11.6. The normalized spacial score (nSPS) is 17.8. The molecule has 0 spiro atoms. The van der Waals surface area contributed by atoms with Gasteiger partial charge in [-0.3, -0.25) is 4.90 Å². The number of piperazine rings is 1. The van der Waals surface area contributed by atoms with Gasteiger partial charge < -0.3 is 14.7 Å². The fraction of sp³-hybridized carbons (Fsp3) is 0.355. The van der Waals surface area contributed by atoms with Crippen LogP contribution in [0.3, 0.4) is 0 Å². The summed E-state index contributed by atoms with van der Waals surface area (Å²) in [6, 6.07) is 22.2. The number of benzene rings is 3. The molecule has 6 nitrogen and oxygen atoms in total. The van der Waals surface area contributed by atoms with E-state index in [1.54, 1.807) is 43.3 Å². The van der Waals surface area contributed by atoms with Crippen LogP contribution in [0.4, 0.5) is 5.69 Å². The van der Waals surface area contributed by atoms with Crippen molar-refractivity contribution >= 4 is 34.9 Å². The number of carbonyl (C=O) groups excluding carboxylic acids is 1. The minimum atomic E-state index is -1.15. The molecular weight excluding hydrogens is 533 g/mol. The Labute approximate surface area is 240 Å². The maximum absolute atomic E-state index is 12.4. The summed E-state index contributed by atoms with van der Waals surface area (Å²) in [5, 5.41) is 21.9. The first-order valence-corrected chi connectivity index (χ1v) is 13.6. The van der Waals surface area contributed by atoms with Gasteiger partial charge in [-0.15, -0.1) is 0 Å². The van der Waals surface area contributed by atoms with E-state index in [0.717, 1.165) is 16.8 Å². The second-order valence-electron chi connectivity index (χ2n) is 11.1. The molecule has 39 heavy (non-hydrogen) atoms. The van der Waals surface area contributed by atoms with Gasteiger partial charge in [0.15, 0.2) is 0 Å². The minimum Gasteiger partial charge on any atom is -0.456 e. The van der Waals surface area contributed by atoms with Crippen LogP contribution in [-0.4, -0.2) is 47.8 Å². The number of carbonyl (C=O) groups is 1. The van der Waals surface area contributed by atoms with Crippen LogP contribution in [0.1, 0.15) is 60.8 Å². The van der Waals surface area contributed by atoms with Gasteiger partial charge in [0.1, 0.15) is 5.60 Å². The summed E-state index contributed by atoms with van der Waals surface area (Å²) in [5.41, 5.74) is 1.89. The molecule has 0 saturated carbocycles. The quantitative estimate of drug-likeness (QED) is 0.339. The smallest absolute Gasteiger partial charge is 0.338 e. The van der Waals surface area contributed by atoms with Crippen molar-refractivity contribution in [1.82, 2.24) is 4.90 Å². The van der Waals surface area contributed by atoms with Crippen molar-refractivity contribution in [3.63, 3.8) is 0 Å². The number of nitriles is 1. The van der Waals surface area contributed by atoms with E-state index in [1.165, 1.54) is 0 Å². The SMILES string of the molecule is CC(C)(C)OC(=O)c1ccc([C@](C)(O)CN2CCN(c3ccc(C#N)cc3Cl)[C@H](c3ccc(Cl)cc3)C2)cc1. The standard InChI is InChI=1S/C31H33Cl2N3O3/c1-30(2,3)39-29(37)23-6-10-24(11-7-23)31(4,38)20-35-15-16-36(27-14-5-21(18-34)17-26(27)33)28(19-35)22-8-12-25(32)13-9-22/h5-14,17,28,38H,15-16,19-20H2,1-4H3/t28-,31+/m0/s1. The molecule has 2 atom stereocenters. The van der Waals surface area contributed by atoms with Gasteiger partial charge >= 0.3 is 5.97 Å². The molecule has 1 aliphatic rings. The highest BCUT2D eigenvalue weighted by atomic mass is 35.5. The van der Waals surface area contributed by atoms with E-state index in [1.807, 2.05) is 51.1 Å². The predicted molar refractivity (Wildman–Crippen MR) is 155 cm³/mol. The first-order valence-electron chi connectivity index (χ1n) is 12.9. The second-order valence-corrected chi connectivity index (χ2v) is 12.0. The number of anilines is 1. The number of hydrogen-bond acceptors (Lipinski definition) is 6. The van der Waals surface area contributed by atoms with Crippen molar-refractivity contribution in [1.29, 1.82) is 5.26 Å². The number of β-amino-alcohol motifs (C(OH)–C–C–N with tert-alkyl or cyclic N) is 1. The fourth-order valence-corrected chi connectivity index (χ4v) is 5.30. The van der Waals surface area contributed by atoms with Gasteiger partial charge in [-0.05, 0) is 81.3 Å². The highest BCUT2D eigenvalue weighted by molar-refractivity contribution is 6.33. The van der Waals surface area contributed by atoms with Crippen LogP contribution >= 0.6 is 23.2 Å². The molecule has 1 heterocycles. The van der Waals surface area contributed by atoms with Crippen molar-refractivity contribution in [2.24, 2.45) is 0 Å². The number of rotatable bonds is 6. The topological polar surface area (TPSA) is 76.8 Å². The summed E-state index contributed by atoms with van der Waals surface area (Å²) in [7, 11) is 0. The minimum absolute atomic E-state index is 0.0493. The average molecular weight is 567 g/mol. The van der Waals surface area contributed by atoms with Gasteiger partial charge in [-0.2, -0.15) is 5.26 Å². The predicted octanol–water partition coefficient (Wildman–Crippen LogP) is 6.59. The Kier molecular flexibility index (Phi) is 8.58. The number of esters is 1. The van der Waals surface area contributed by atoms with Crippen LogP contribution < -0.4 is 4.90 Å². The van der Waals surface area contributed by atoms with Crippen LogP contribution in [0.2, 0.25) is 10.0 Å². The zero-order valence-electron chi connectivity index (χ0n) is 22.6. The fourth-order valence-electron chi connectivity index (χ4n) is 4.88. The first-order chi connectivity index (χ1) is 18.4. The summed E-state index contributed by atoms with van der Waals surface area (Å²) in [5.74, 6) is -0.392. The van der Waals surface area contributed by atoms with Crippen LogP contribution in [-0.2, 0) is 10.3 Å². The monoisotopic (exact) mass is 565 g/mol. The summed E-state index contributed by atoms with van der Waals surface area (Å²) in [6.45, 7) is 9.70. The Morgan fingerprint density at radius 1 is 1.03 bits per heavy atom. The Morgan fingerprint density at radius 3 is 2.28 bits per heavy atom. The van der Waals surface area contributed by atoms with E-state index >= 15 is 0 Å². The number of aliphatic hydroxyl groups is 1. The molecule has 1 aliphatic heterocycles. The Morgan fingerprint density at radius 2 is 1.69 bits per heavy atom. The number of hydrogen-bond donors (Lipinski definition) is 1. The van der Waals surface area contributed by atoms with E-state index < -0.39 is 17.2 Å². The van der Waals surface area contributed by atoms with E-state index in [9.17, 15) is 15.2 Å². The molecule has 1 saturated heterocycles. The van der Waals surface area contributed by atoms with Crippen molar-refractivity contribution in [3.8, 4) is 6.07 Å². The van der Waals surface area contributed by atoms with E-state index in [-0.39, 0.29) is 6.04 Å². The van der Waals surface area contributed by atoms with Crippen molar-refractivity contribution in [2.75, 3.05) is 31.1 Å². The van der Waals surface area contributed by atoms with Gasteiger partial charge in [-0.1, -0.05) is 47.5 Å². The van der Waals surface area contributed by atoms with Gasteiger partial charge in [-0.25, -0.2) is 4.79 Å². The van der Waals surface area contributed by atoms with Gasteiger partial charge in [0, 0.05) is 31.2 Å². The maximum atomic E-state index is 12.4. The largest absolute Gasteiger partial charge is 0.456 e. The number of ether oxygens (including phenoxy) is 1. The van der Waals surface area contributed by atoms with Crippen LogP contribution in [0, 0.1) is 11.3 Å². The molecule has 4 rings (SSSR count). The molecular formula is C31H33Cl2N3O3. The molecule has 204 valence electrons. The van der Waals surface area contributed by atoms with E-state index in [0.29, 0.717) is 47.4 Å². The van der Waals surface area contributed by atoms with Crippen molar-refractivity contribution in [2.45, 2.75) is 44.9 Å². The Balaban J connectivity index is 1.54. The molecule has 0 bridgehead atoms. The molecule has 0 amide bonds. The first kappa shape index (κ1) is 28.9. The third-order valence-electron chi connectivity index (χ3n) is 6.78. The zero-order chi connectivity index (χ0) is 28.4. The van der Waals surface area contributed by atoms with E-state index in [4.69, 9.17) is 27.9 Å². The zero-order valence-corrected chi connectivity index (χ0v) is 24.1. The molecule has 3 aromatic carbocycles. The van der Waals surface area contributed by atoms with E-state index in [2.05, 4.69) is 15.9 Å². The lowest BCUT2D eigenvalue weighted by atomic mass is 9.93. The van der Waals surface area contributed by atoms with Crippen LogP contribution in [0.15, 0.2) is 66.7 Å². The lowest BCUT2D eigenvalue weighted by Crippen LogP contribution is -2.52. The number of nitrogens with zero attached hydrogens (tertiary/aromatic N) is 3. The Hall–Kier alpha value is -3.08. The van der Waals surface area contributed by atoms with Crippen LogP contribution in [0.5, 0.6) is 0 Å². The average Bonchev–Trinajstić information content (AvgIpc) is 2.88. The third-order valence-corrected chi connectivity index (χ3v) is 7.33.